The molecule has 1 fully saturated rings. The van der Waals surface area contributed by atoms with Crippen molar-refractivity contribution in [3.8, 4) is 0 Å². The van der Waals surface area contributed by atoms with E-state index in [1.54, 1.807) is 0 Å². The highest BCUT2D eigenvalue weighted by Crippen LogP contribution is 2.26. The van der Waals surface area contributed by atoms with E-state index in [-0.39, 0.29) is 30.0 Å². The van der Waals surface area contributed by atoms with Crippen molar-refractivity contribution < 1.29 is 9.18 Å². The molecule has 98 valence electrons. The average Bonchev–Trinajstić information content (AvgIpc) is 2.34. The molecule has 0 radical (unpaired) electrons. The van der Waals surface area contributed by atoms with Gasteiger partial charge in [-0.2, -0.15) is 0 Å². The molecule has 2 rings (SSSR count). The summed E-state index contributed by atoms with van der Waals surface area (Å²) in [5.74, 6) is -0.147. The lowest BCUT2D eigenvalue weighted by Crippen LogP contribution is -2.30. The molecule has 0 spiro atoms. The molecule has 2 N–H and O–H groups in total. The SMILES string of the molecule is NC1CCC(C(=O)Cc2cc(F)ccc2Cl)CC1. The number of carbonyl (C=O) groups is 1. The van der Waals surface area contributed by atoms with Gasteiger partial charge in [0, 0.05) is 23.4 Å². The van der Waals surface area contributed by atoms with Crippen molar-refractivity contribution in [3.63, 3.8) is 0 Å². The topological polar surface area (TPSA) is 43.1 Å². The van der Waals surface area contributed by atoms with Crippen molar-refractivity contribution in [3.05, 3.63) is 34.6 Å². The van der Waals surface area contributed by atoms with Gasteiger partial charge in [0.15, 0.2) is 0 Å². The monoisotopic (exact) mass is 269 g/mol. The van der Waals surface area contributed by atoms with Crippen LogP contribution in [0, 0.1) is 11.7 Å². The Kier molecular flexibility index (Phi) is 4.36. The van der Waals surface area contributed by atoms with Crippen molar-refractivity contribution in [2.24, 2.45) is 11.7 Å². The number of halogens is 2. The molecule has 0 heterocycles. The van der Waals surface area contributed by atoms with Crippen LogP contribution in [0.15, 0.2) is 18.2 Å². The van der Waals surface area contributed by atoms with E-state index in [0.717, 1.165) is 25.7 Å². The lowest BCUT2D eigenvalue weighted by Gasteiger charge is -2.25. The molecule has 0 aliphatic heterocycles. The summed E-state index contributed by atoms with van der Waals surface area (Å²) in [7, 11) is 0. The lowest BCUT2D eigenvalue weighted by molar-refractivity contribution is -0.123. The van der Waals surface area contributed by atoms with E-state index in [1.165, 1.54) is 18.2 Å². The van der Waals surface area contributed by atoms with E-state index in [2.05, 4.69) is 0 Å². The number of rotatable bonds is 3. The predicted octanol–water partition coefficient (Wildman–Crippen LogP) is 3.11. The van der Waals surface area contributed by atoms with Crippen LogP contribution in [0.1, 0.15) is 31.2 Å². The van der Waals surface area contributed by atoms with E-state index < -0.39 is 0 Å². The fraction of sp³-hybridized carbons (Fsp3) is 0.500. The number of hydrogen-bond acceptors (Lipinski definition) is 2. The quantitative estimate of drug-likeness (QED) is 0.916. The van der Waals surface area contributed by atoms with E-state index in [9.17, 15) is 9.18 Å². The molecule has 0 saturated heterocycles. The van der Waals surface area contributed by atoms with Gasteiger partial charge in [0.05, 0.1) is 0 Å². The molecule has 2 nitrogen and oxygen atoms in total. The molecule has 1 saturated carbocycles. The molecule has 18 heavy (non-hydrogen) atoms. The highest BCUT2D eigenvalue weighted by Gasteiger charge is 2.24. The number of benzene rings is 1. The Labute approximate surface area is 111 Å². The summed E-state index contributed by atoms with van der Waals surface area (Å²) in [6, 6.07) is 4.37. The third-order valence-corrected chi connectivity index (χ3v) is 3.97. The maximum Gasteiger partial charge on any atom is 0.140 e. The van der Waals surface area contributed by atoms with Crippen LogP contribution in [0.3, 0.4) is 0 Å². The largest absolute Gasteiger partial charge is 0.328 e. The molecular formula is C14H17ClFNO. The molecule has 0 amide bonds. The van der Waals surface area contributed by atoms with Gasteiger partial charge in [-0.1, -0.05) is 11.6 Å². The minimum absolute atomic E-state index is 0.0594. The van der Waals surface area contributed by atoms with Crippen LogP contribution in [0.4, 0.5) is 4.39 Å². The van der Waals surface area contributed by atoms with Crippen molar-refractivity contribution in [1.82, 2.24) is 0 Å². The van der Waals surface area contributed by atoms with Gasteiger partial charge >= 0.3 is 0 Å². The first kappa shape index (κ1) is 13.5. The fourth-order valence-corrected chi connectivity index (χ4v) is 2.64. The Morgan fingerprint density at radius 2 is 2.00 bits per heavy atom. The van der Waals surface area contributed by atoms with Crippen molar-refractivity contribution in [2.75, 3.05) is 0 Å². The molecule has 1 aliphatic carbocycles. The van der Waals surface area contributed by atoms with Crippen LogP contribution >= 0.6 is 11.6 Å². The van der Waals surface area contributed by atoms with Gasteiger partial charge < -0.3 is 5.73 Å². The Hall–Kier alpha value is -0.930. The smallest absolute Gasteiger partial charge is 0.140 e. The van der Waals surface area contributed by atoms with E-state index >= 15 is 0 Å². The number of carbonyl (C=O) groups excluding carboxylic acids is 1. The predicted molar refractivity (Wildman–Crippen MR) is 70.1 cm³/mol. The summed E-state index contributed by atoms with van der Waals surface area (Å²) in [4.78, 5) is 12.1. The number of nitrogens with two attached hydrogens (primary N) is 1. The Morgan fingerprint density at radius 1 is 1.33 bits per heavy atom. The average molecular weight is 270 g/mol. The Bertz CT molecular complexity index is 441. The van der Waals surface area contributed by atoms with Crippen LogP contribution in [0.25, 0.3) is 0 Å². The number of ketones is 1. The van der Waals surface area contributed by atoms with Crippen LogP contribution in [0.2, 0.25) is 5.02 Å². The van der Waals surface area contributed by atoms with Gasteiger partial charge in [0.2, 0.25) is 0 Å². The molecule has 0 aromatic heterocycles. The van der Waals surface area contributed by atoms with E-state index in [0.29, 0.717) is 10.6 Å². The van der Waals surface area contributed by atoms with Crippen LogP contribution in [-0.4, -0.2) is 11.8 Å². The molecule has 1 aliphatic rings. The minimum atomic E-state index is -0.354. The maximum absolute atomic E-state index is 13.1. The molecule has 1 aromatic rings. The first-order chi connectivity index (χ1) is 8.56. The van der Waals surface area contributed by atoms with Crippen molar-refractivity contribution in [2.45, 2.75) is 38.1 Å². The van der Waals surface area contributed by atoms with Crippen LogP contribution in [-0.2, 0) is 11.2 Å². The van der Waals surface area contributed by atoms with Gasteiger partial charge in [-0.25, -0.2) is 4.39 Å². The van der Waals surface area contributed by atoms with Crippen molar-refractivity contribution >= 4 is 17.4 Å². The molecule has 4 heteroatoms. The number of Topliss-reactive ketones (excluding diaryl/α,β-unsaturated/α-hetero) is 1. The standard InChI is InChI=1S/C14H17ClFNO/c15-13-6-3-11(16)7-10(13)8-14(18)9-1-4-12(17)5-2-9/h3,6-7,9,12H,1-2,4-5,8,17H2. The molecule has 0 atom stereocenters. The summed E-state index contributed by atoms with van der Waals surface area (Å²) in [6.45, 7) is 0. The first-order valence-corrected chi connectivity index (χ1v) is 6.66. The molecular weight excluding hydrogens is 253 g/mol. The third kappa shape index (κ3) is 3.30. The zero-order chi connectivity index (χ0) is 13.1. The normalized spacial score (nSPS) is 23.9. The van der Waals surface area contributed by atoms with Gasteiger partial charge in [-0.05, 0) is 49.4 Å². The second kappa shape index (κ2) is 5.81. The Morgan fingerprint density at radius 3 is 2.67 bits per heavy atom. The molecule has 1 aromatic carbocycles. The molecule has 0 bridgehead atoms. The van der Waals surface area contributed by atoms with Gasteiger partial charge in [0.25, 0.3) is 0 Å². The highest BCUT2D eigenvalue weighted by atomic mass is 35.5. The summed E-state index contributed by atoms with van der Waals surface area (Å²) in [6.07, 6.45) is 3.69. The van der Waals surface area contributed by atoms with Gasteiger partial charge in [-0.15, -0.1) is 0 Å². The van der Waals surface area contributed by atoms with E-state index in [4.69, 9.17) is 17.3 Å². The Balaban J connectivity index is 2.00. The third-order valence-electron chi connectivity index (χ3n) is 3.60. The van der Waals surface area contributed by atoms with E-state index in [1.807, 2.05) is 0 Å². The summed E-state index contributed by atoms with van der Waals surface area (Å²) >= 11 is 5.96. The zero-order valence-electron chi connectivity index (χ0n) is 10.2. The van der Waals surface area contributed by atoms with Crippen molar-refractivity contribution in [1.29, 1.82) is 0 Å². The summed E-state index contributed by atoms with van der Waals surface area (Å²) in [5, 5.41) is 0.456. The maximum atomic E-state index is 13.1. The fourth-order valence-electron chi connectivity index (χ4n) is 2.45. The first-order valence-electron chi connectivity index (χ1n) is 6.28. The number of hydrogen-bond donors (Lipinski definition) is 1. The summed E-state index contributed by atoms with van der Waals surface area (Å²) in [5.41, 5.74) is 6.39. The zero-order valence-corrected chi connectivity index (χ0v) is 10.9. The van der Waals surface area contributed by atoms with Crippen LogP contribution in [0.5, 0.6) is 0 Å². The van der Waals surface area contributed by atoms with Gasteiger partial charge in [0.1, 0.15) is 11.6 Å². The molecule has 0 unspecified atom stereocenters. The second-order valence-corrected chi connectivity index (χ2v) is 5.40. The van der Waals surface area contributed by atoms with Gasteiger partial charge in [-0.3, -0.25) is 4.79 Å². The highest BCUT2D eigenvalue weighted by molar-refractivity contribution is 6.31. The summed E-state index contributed by atoms with van der Waals surface area (Å²) < 4.78 is 13.1. The lowest BCUT2D eigenvalue weighted by atomic mass is 9.82. The minimum Gasteiger partial charge on any atom is -0.328 e. The van der Waals surface area contributed by atoms with Crippen LogP contribution < -0.4 is 5.73 Å². The second-order valence-electron chi connectivity index (χ2n) is 4.99.